The van der Waals surface area contributed by atoms with Crippen molar-refractivity contribution in [3.05, 3.63) is 59.2 Å². The molecule has 5 nitrogen and oxygen atoms in total. The molecule has 0 radical (unpaired) electrons. The molecule has 2 aromatic rings. The summed E-state index contributed by atoms with van der Waals surface area (Å²) in [5.74, 6) is 0.722. The summed E-state index contributed by atoms with van der Waals surface area (Å²) >= 11 is 0. The number of hydrogen-bond donors (Lipinski definition) is 0. The number of rotatable bonds is 5. The van der Waals surface area contributed by atoms with E-state index in [9.17, 15) is 4.79 Å². The minimum absolute atomic E-state index is 0.0603. The number of aryl methyl sites for hydroxylation is 1. The summed E-state index contributed by atoms with van der Waals surface area (Å²) in [6, 6.07) is 9.93. The van der Waals surface area contributed by atoms with Crippen molar-refractivity contribution < 1.29 is 9.53 Å². The summed E-state index contributed by atoms with van der Waals surface area (Å²) in [5.41, 5.74) is 1.43. The molecule has 1 aromatic carbocycles. The maximum absolute atomic E-state index is 13.2. The monoisotopic (exact) mass is 349 g/mol. The molecule has 1 heterocycles. The van der Waals surface area contributed by atoms with E-state index < -0.39 is 5.60 Å². The highest BCUT2D eigenvalue weighted by molar-refractivity contribution is 5.90. The molecule has 26 heavy (non-hydrogen) atoms. The van der Waals surface area contributed by atoms with E-state index in [-0.39, 0.29) is 29.3 Å². The molecule has 5 heteroatoms. The van der Waals surface area contributed by atoms with Crippen molar-refractivity contribution in [1.29, 1.82) is 0 Å². The molecule has 2 atom stereocenters. The van der Waals surface area contributed by atoms with Crippen LogP contribution in [0.4, 0.5) is 5.82 Å². The molecule has 134 valence electrons. The summed E-state index contributed by atoms with van der Waals surface area (Å²) < 4.78 is 5.88. The minimum Gasteiger partial charge on any atom is -0.464 e. The minimum atomic E-state index is -1.01. The quantitative estimate of drug-likeness (QED) is 0.738. The van der Waals surface area contributed by atoms with Gasteiger partial charge in [-0.3, -0.25) is 4.79 Å². The Kier molecular flexibility index (Phi) is 5.03. The van der Waals surface area contributed by atoms with Gasteiger partial charge in [-0.05, 0) is 45.1 Å². The first-order chi connectivity index (χ1) is 12.4. The Morgan fingerprint density at radius 3 is 2.65 bits per heavy atom. The highest BCUT2D eigenvalue weighted by Crippen LogP contribution is 2.42. The van der Waals surface area contributed by atoms with Gasteiger partial charge in [0.1, 0.15) is 0 Å². The lowest BCUT2D eigenvalue weighted by molar-refractivity contribution is -0.136. The molecule has 0 aliphatic heterocycles. The Morgan fingerprint density at radius 2 is 1.96 bits per heavy atom. The van der Waals surface area contributed by atoms with Gasteiger partial charge in [0, 0.05) is 12.0 Å². The SMILES string of the molecule is [C-]#[N+]c1cc(OC(C)(C)C(=O)C2CCCC2c2ccc(C)cc2)ncn1. The zero-order valence-corrected chi connectivity index (χ0v) is 15.4. The average Bonchev–Trinajstić information content (AvgIpc) is 3.11. The predicted molar refractivity (Wildman–Crippen MR) is 99.3 cm³/mol. The average molecular weight is 349 g/mol. The molecule has 1 aliphatic carbocycles. The molecular formula is C21H23N3O2. The summed E-state index contributed by atoms with van der Waals surface area (Å²) in [4.78, 5) is 24.4. The molecule has 0 spiro atoms. The van der Waals surface area contributed by atoms with E-state index in [0.29, 0.717) is 0 Å². The third-order valence-corrected chi connectivity index (χ3v) is 5.05. The fraction of sp³-hybridized carbons (Fsp3) is 0.429. The summed E-state index contributed by atoms with van der Waals surface area (Å²) in [6.07, 6.45) is 4.22. The molecule has 0 bridgehead atoms. The second-order valence-electron chi connectivity index (χ2n) is 7.36. The fourth-order valence-electron chi connectivity index (χ4n) is 3.69. The number of benzene rings is 1. The number of Topliss-reactive ketones (excluding diaryl/α,β-unsaturated/α-hetero) is 1. The van der Waals surface area contributed by atoms with Crippen LogP contribution >= 0.6 is 0 Å². The number of carbonyl (C=O) groups is 1. The van der Waals surface area contributed by atoms with E-state index in [1.54, 1.807) is 13.8 Å². The highest BCUT2D eigenvalue weighted by atomic mass is 16.5. The Labute approximate surface area is 154 Å². The van der Waals surface area contributed by atoms with Gasteiger partial charge >= 0.3 is 0 Å². The van der Waals surface area contributed by atoms with Crippen molar-refractivity contribution >= 4 is 11.6 Å². The van der Waals surface area contributed by atoms with Crippen molar-refractivity contribution in [3.8, 4) is 5.88 Å². The van der Waals surface area contributed by atoms with Crippen LogP contribution in [0.15, 0.2) is 36.7 Å². The van der Waals surface area contributed by atoms with E-state index in [1.807, 2.05) is 0 Å². The van der Waals surface area contributed by atoms with Gasteiger partial charge in [-0.1, -0.05) is 42.8 Å². The second kappa shape index (κ2) is 7.25. The van der Waals surface area contributed by atoms with Gasteiger partial charge in [0.2, 0.25) is 12.2 Å². The molecule has 1 saturated carbocycles. The van der Waals surface area contributed by atoms with Crippen LogP contribution < -0.4 is 4.74 Å². The smallest absolute Gasteiger partial charge is 0.276 e. The first-order valence-electron chi connectivity index (χ1n) is 8.90. The second-order valence-corrected chi connectivity index (χ2v) is 7.36. The van der Waals surface area contributed by atoms with E-state index in [1.165, 1.54) is 23.5 Å². The summed E-state index contributed by atoms with van der Waals surface area (Å²) in [7, 11) is 0. The number of nitrogens with zero attached hydrogens (tertiary/aromatic N) is 3. The predicted octanol–water partition coefficient (Wildman–Crippen LogP) is 4.65. The van der Waals surface area contributed by atoms with E-state index in [0.717, 1.165) is 19.3 Å². The molecule has 0 saturated heterocycles. The van der Waals surface area contributed by atoms with Gasteiger partial charge in [0.25, 0.3) is 5.82 Å². The third-order valence-electron chi connectivity index (χ3n) is 5.05. The van der Waals surface area contributed by atoms with Crippen LogP contribution in [0.25, 0.3) is 4.85 Å². The Hall–Kier alpha value is -2.74. The van der Waals surface area contributed by atoms with E-state index >= 15 is 0 Å². The lowest BCUT2D eigenvalue weighted by Crippen LogP contribution is -2.43. The van der Waals surface area contributed by atoms with Crippen LogP contribution in [-0.2, 0) is 4.79 Å². The number of ether oxygens (including phenoxy) is 1. The number of aromatic nitrogens is 2. The molecule has 1 fully saturated rings. The van der Waals surface area contributed by atoms with Crippen LogP contribution in [0.3, 0.4) is 0 Å². The van der Waals surface area contributed by atoms with Crippen molar-refractivity contribution in [3.63, 3.8) is 0 Å². The van der Waals surface area contributed by atoms with Crippen molar-refractivity contribution in [1.82, 2.24) is 9.97 Å². The summed E-state index contributed by atoms with van der Waals surface area (Å²) in [5, 5.41) is 0. The molecule has 1 aromatic heterocycles. The van der Waals surface area contributed by atoms with Crippen molar-refractivity contribution in [2.75, 3.05) is 0 Å². The largest absolute Gasteiger partial charge is 0.464 e. The molecule has 3 rings (SSSR count). The zero-order chi connectivity index (χ0) is 18.7. The topological polar surface area (TPSA) is 56.4 Å². The maximum atomic E-state index is 13.2. The van der Waals surface area contributed by atoms with Gasteiger partial charge in [0.15, 0.2) is 11.4 Å². The van der Waals surface area contributed by atoms with E-state index in [4.69, 9.17) is 11.3 Å². The van der Waals surface area contributed by atoms with Crippen LogP contribution in [0, 0.1) is 19.4 Å². The molecule has 0 amide bonds. The zero-order valence-electron chi connectivity index (χ0n) is 15.4. The van der Waals surface area contributed by atoms with Crippen LogP contribution in [0.1, 0.15) is 50.2 Å². The van der Waals surface area contributed by atoms with Gasteiger partial charge in [-0.2, -0.15) is 4.98 Å². The third kappa shape index (κ3) is 3.75. The standard InChI is InChI=1S/C21H23N3O2/c1-14-8-10-15(11-9-14)16-6-5-7-17(16)20(25)21(2,3)26-19-12-18(22-4)23-13-24-19/h8-13,16-17H,5-7H2,1-3H3. The first kappa shape index (κ1) is 18.1. The van der Waals surface area contributed by atoms with E-state index in [2.05, 4.69) is 46.0 Å². The van der Waals surface area contributed by atoms with Crippen LogP contribution in [0.2, 0.25) is 0 Å². The maximum Gasteiger partial charge on any atom is 0.276 e. The van der Waals surface area contributed by atoms with Crippen molar-refractivity contribution in [2.45, 2.75) is 51.6 Å². The molecule has 1 aliphatic rings. The number of hydrogen-bond acceptors (Lipinski definition) is 4. The summed E-state index contributed by atoms with van der Waals surface area (Å²) in [6.45, 7) is 12.7. The number of ketones is 1. The van der Waals surface area contributed by atoms with Gasteiger partial charge in [-0.15, -0.1) is 4.98 Å². The normalized spacial score (nSPS) is 19.8. The highest BCUT2D eigenvalue weighted by Gasteiger charge is 2.42. The fourth-order valence-corrected chi connectivity index (χ4v) is 3.69. The Bertz CT molecular complexity index is 837. The first-order valence-corrected chi connectivity index (χ1v) is 8.90. The lowest BCUT2D eigenvalue weighted by Gasteiger charge is -2.30. The van der Waals surface area contributed by atoms with Gasteiger partial charge in [-0.25, -0.2) is 0 Å². The van der Waals surface area contributed by atoms with Crippen LogP contribution in [-0.4, -0.2) is 21.4 Å². The van der Waals surface area contributed by atoms with Gasteiger partial charge < -0.3 is 9.58 Å². The lowest BCUT2D eigenvalue weighted by atomic mass is 9.81. The molecule has 2 unspecified atom stereocenters. The Balaban J connectivity index is 1.79. The van der Waals surface area contributed by atoms with Crippen molar-refractivity contribution in [2.24, 2.45) is 5.92 Å². The molecule has 0 N–H and O–H groups in total. The van der Waals surface area contributed by atoms with Gasteiger partial charge in [0.05, 0.1) is 0 Å². The number of carbonyl (C=O) groups excluding carboxylic acids is 1. The van der Waals surface area contributed by atoms with Crippen LogP contribution in [0.5, 0.6) is 5.88 Å². The Morgan fingerprint density at radius 1 is 1.23 bits per heavy atom. The molecular weight excluding hydrogens is 326 g/mol.